The number of carboxylic acids is 1. The molecule has 0 saturated carbocycles. The molecule has 0 atom stereocenters. The fourth-order valence-corrected chi connectivity index (χ4v) is 1.73. The van der Waals surface area contributed by atoms with Crippen LogP contribution in [0.15, 0.2) is 30.3 Å². The van der Waals surface area contributed by atoms with E-state index in [0.29, 0.717) is 23.0 Å². The van der Waals surface area contributed by atoms with Gasteiger partial charge in [-0.25, -0.2) is 14.8 Å². The highest BCUT2D eigenvalue weighted by Crippen LogP contribution is 2.12. The largest absolute Gasteiger partial charge is 0.477 e. The highest BCUT2D eigenvalue weighted by atomic mass is 35.5. The third-order valence-electron chi connectivity index (χ3n) is 2.40. The fraction of sp³-hybridized carbons (Fsp3) is 0.154. The molecule has 1 aromatic carbocycles. The molecule has 1 heterocycles. The van der Waals surface area contributed by atoms with E-state index in [4.69, 9.17) is 16.7 Å². The molecule has 5 heteroatoms. The Morgan fingerprint density at radius 3 is 2.56 bits per heavy atom. The molecule has 1 N–H and O–H groups in total. The zero-order valence-corrected chi connectivity index (χ0v) is 10.5. The number of hydrogen-bond donors (Lipinski definition) is 1. The van der Waals surface area contributed by atoms with E-state index in [0.717, 1.165) is 5.56 Å². The van der Waals surface area contributed by atoms with E-state index in [1.807, 2.05) is 12.1 Å². The van der Waals surface area contributed by atoms with Crippen LogP contribution in [0.2, 0.25) is 5.02 Å². The van der Waals surface area contributed by atoms with Crippen LogP contribution in [0, 0.1) is 6.92 Å². The van der Waals surface area contributed by atoms with Gasteiger partial charge in [-0.3, -0.25) is 0 Å². The zero-order chi connectivity index (χ0) is 13.1. The monoisotopic (exact) mass is 262 g/mol. The topological polar surface area (TPSA) is 63.1 Å². The minimum atomic E-state index is -1.04. The number of aromatic carboxylic acids is 1. The highest BCUT2D eigenvalue weighted by molar-refractivity contribution is 6.30. The van der Waals surface area contributed by atoms with Crippen molar-refractivity contribution < 1.29 is 9.90 Å². The van der Waals surface area contributed by atoms with Crippen molar-refractivity contribution in [2.75, 3.05) is 0 Å². The van der Waals surface area contributed by atoms with Crippen LogP contribution >= 0.6 is 11.6 Å². The number of nitrogens with zero attached hydrogens (tertiary/aromatic N) is 2. The lowest BCUT2D eigenvalue weighted by Crippen LogP contribution is -2.07. The summed E-state index contributed by atoms with van der Waals surface area (Å²) in [5.41, 5.74) is 1.65. The molecule has 2 aromatic rings. The van der Waals surface area contributed by atoms with Gasteiger partial charge in [0.2, 0.25) is 0 Å². The predicted molar refractivity (Wildman–Crippen MR) is 68.0 cm³/mol. The minimum Gasteiger partial charge on any atom is -0.477 e. The number of carbonyl (C=O) groups is 1. The molecule has 92 valence electrons. The van der Waals surface area contributed by atoms with Gasteiger partial charge in [-0.15, -0.1) is 0 Å². The van der Waals surface area contributed by atoms with Gasteiger partial charge in [0, 0.05) is 17.1 Å². The maximum absolute atomic E-state index is 10.9. The highest BCUT2D eigenvalue weighted by Gasteiger charge is 2.09. The van der Waals surface area contributed by atoms with E-state index in [-0.39, 0.29) is 5.69 Å². The fourth-order valence-electron chi connectivity index (χ4n) is 1.60. The van der Waals surface area contributed by atoms with E-state index < -0.39 is 5.97 Å². The molecule has 0 saturated heterocycles. The van der Waals surface area contributed by atoms with E-state index in [1.165, 1.54) is 6.07 Å². The second-order valence-corrected chi connectivity index (χ2v) is 4.36. The van der Waals surface area contributed by atoms with Gasteiger partial charge in [-0.1, -0.05) is 23.7 Å². The Bertz CT molecular complexity index is 582. The lowest BCUT2D eigenvalue weighted by atomic mass is 10.1. The van der Waals surface area contributed by atoms with E-state index in [2.05, 4.69) is 9.97 Å². The molecule has 18 heavy (non-hydrogen) atoms. The van der Waals surface area contributed by atoms with Gasteiger partial charge in [0.25, 0.3) is 0 Å². The first-order valence-corrected chi connectivity index (χ1v) is 5.74. The summed E-state index contributed by atoms with van der Waals surface area (Å²) >= 11 is 5.80. The number of hydrogen-bond acceptors (Lipinski definition) is 3. The van der Waals surface area contributed by atoms with Gasteiger partial charge < -0.3 is 5.11 Å². The van der Waals surface area contributed by atoms with Crippen LogP contribution < -0.4 is 0 Å². The summed E-state index contributed by atoms with van der Waals surface area (Å²) < 4.78 is 0. The zero-order valence-electron chi connectivity index (χ0n) is 9.72. The Kier molecular flexibility index (Phi) is 3.58. The Labute approximate surface area is 109 Å². The first-order chi connectivity index (χ1) is 8.54. The summed E-state index contributed by atoms with van der Waals surface area (Å²) in [5, 5.41) is 9.59. The normalized spacial score (nSPS) is 10.3. The molecule has 0 spiro atoms. The Balaban J connectivity index is 2.28. The first kappa shape index (κ1) is 12.5. The summed E-state index contributed by atoms with van der Waals surface area (Å²) in [6, 6.07) is 8.76. The lowest BCUT2D eigenvalue weighted by molar-refractivity contribution is 0.0689. The van der Waals surface area contributed by atoms with Gasteiger partial charge in [0.05, 0.1) is 0 Å². The Hall–Kier alpha value is -1.94. The van der Waals surface area contributed by atoms with Crippen LogP contribution in [0.1, 0.15) is 27.6 Å². The standard InChI is InChI=1S/C13H11ClN2O2/c1-8-6-11(13(17)18)16-12(15-8)7-9-2-4-10(14)5-3-9/h2-6H,7H2,1H3,(H,17,18). The van der Waals surface area contributed by atoms with Crippen molar-refractivity contribution in [1.82, 2.24) is 9.97 Å². The van der Waals surface area contributed by atoms with Gasteiger partial charge in [-0.2, -0.15) is 0 Å². The molecule has 0 amide bonds. The van der Waals surface area contributed by atoms with E-state index in [1.54, 1.807) is 19.1 Å². The van der Waals surface area contributed by atoms with Crippen molar-refractivity contribution in [3.63, 3.8) is 0 Å². The number of aromatic nitrogens is 2. The van der Waals surface area contributed by atoms with Crippen LogP contribution in [0.4, 0.5) is 0 Å². The summed E-state index contributed by atoms with van der Waals surface area (Å²) in [6.45, 7) is 1.75. The summed E-state index contributed by atoms with van der Waals surface area (Å²) in [6.07, 6.45) is 0.485. The van der Waals surface area contributed by atoms with Crippen LogP contribution in [0.25, 0.3) is 0 Å². The molecular formula is C13H11ClN2O2. The smallest absolute Gasteiger partial charge is 0.354 e. The van der Waals surface area contributed by atoms with Crippen molar-refractivity contribution in [2.45, 2.75) is 13.3 Å². The minimum absolute atomic E-state index is 0.0199. The molecule has 1 aromatic heterocycles. The van der Waals surface area contributed by atoms with Crippen LogP contribution in [0.5, 0.6) is 0 Å². The predicted octanol–water partition coefficient (Wildman–Crippen LogP) is 2.73. The number of benzene rings is 1. The molecule has 0 radical (unpaired) electrons. The SMILES string of the molecule is Cc1cc(C(=O)O)nc(Cc2ccc(Cl)cc2)n1. The quantitative estimate of drug-likeness (QED) is 0.924. The number of halogens is 1. The van der Waals surface area contributed by atoms with Crippen LogP contribution in [-0.4, -0.2) is 21.0 Å². The van der Waals surface area contributed by atoms with Gasteiger partial charge in [-0.05, 0) is 30.7 Å². The number of rotatable bonds is 3. The number of aryl methyl sites for hydroxylation is 1. The molecule has 4 nitrogen and oxygen atoms in total. The summed E-state index contributed by atoms with van der Waals surface area (Å²) in [5.74, 6) is -0.549. The molecule has 0 bridgehead atoms. The van der Waals surface area contributed by atoms with Gasteiger partial charge in [0.15, 0.2) is 5.69 Å². The molecule has 0 aliphatic rings. The van der Waals surface area contributed by atoms with Crippen molar-refractivity contribution in [1.29, 1.82) is 0 Å². The van der Waals surface area contributed by atoms with Crippen molar-refractivity contribution in [3.8, 4) is 0 Å². The molecular weight excluding hydrogens is 252 g/mol. The Morgan fingerprint density at radius 1 is 1.28 bits per heavy atom. The third-order valence-corrected chi connectivity index (χ3v) is 2.65. The molecule has 0 aliphatic heterocycles. The van der Waals surface area contributed by atoms with E-state index in [9.17, 15) is 4.79 Å². The molecule has 0 aliphatic carbocycles. The van der Waals surface area contributed by atoms with Crippen LogP contribution in [0.3, 0.4) is 0 Å². The van der Waals surface area contributed by atoms with E-state index >= 15 is 0 Å². The van der Waals surface area contributed by atoms with Crippen molar-refractivity contribution in [2.24, 2.45) is 0 Å². The molecule has 2 rings (SSSR count). The maximum Gasteiger partial charge on any atom is 0.354 e. The average Bonchev–Trinajstić information content (AvgIpc) is 2.31. The van der Waals surface area contributed by atoms with Crippen molar-refractivity contribution >= 4 is 17.6 Å². The second-order valence-electron chi connectivity index (χ2n) is 3.92. The molecule has 0 unspecified atom stereocenters. The summed E-state index contributed by atoms with van der Waals surface area (Å²) in [4.78, 5) is 19.1. The number of carboxylic acid groups (broad SMARTS) is 1. The van der Waals surface area contributed by atoms with Crippen LogP contribution in [-0.2, 0) is 6.42 Å². The lowest BCUT2D eigenvalue weighted by Gasteiger charge is -2.03. The van der Waals surface area contributed by atoms with Crippen molar-refractivity contribution in [3.05, 3.63) is 58.1 Å². The third kappa shape index (κ3) is 3.05. The first-order valence-electron chi connectivity index (χ1n) is 5.37. The average molecular weight is 263 g/mol. The molecule has 0 fully saturated rings. The summed E-state index contributed by atoms with van der Waals surface area (Å²) in [7, 11) is 0. The van der Waals surface area contributed by atoms with Gasteiger partial charge in [0.1, 0.15) is 5.82 Å². The maximum atomic E-state index is 10.9. The van der Waals surface area contributed by atoms with Gasteiger partial charge >= 0.3 is 5.97 Å². The Morgan fingerprint density at radius 2 is 1.94 bits per heavy atom. The second kappa shape index (κ2) is 5.14.